The minimum atomic E-state index is -4.52. The van der Waals surface area contributed by atoms with Crippen LogP contribution < -0.4 is 4.89 Å². The van der Waals surface area contributed by atoms with Gasteiger partial charge >= 0.3 is 5.97 Å². The largest absolute Gasteiger partial charge is 0.756 e. The lowest BCUT2D eigenvalue weighted by Crippen LogP contribution is -2.37. The lowest BCUT2D eigenvalue weighted by Gasteiger charge is -2.28. The van der Waals surface area contributed by atoms with Crippen LogP contribution in [0.25, 0.3) is 0 Å². The van der Waals surface area contributed by atoms with Crippen LogP contribution in [-0.2, 0) is 27.9 Å². The van der Waals surface area contributed by atoms with Crippen LogP contribution in [0.2, 0.25) is 0 Å². The van der Waals surface area contributed by atoms with Crippen molar-refractivity contribution in [2.45, 2.75) is 232 Å². The van der Waals surface area contributed by atoms with Crippen LogP contribution in [0.5, 0.6) is 0 Å². The van der Waals surface area contributed by atoms with Crippen molar-refractivity contribution in [3.8, 4) is 0 Å². The molecule has 0 aromatic rings. The zero-order valence-corrected chi connectivity index (χ0v) is 38.7. The van der Waals surface area contributed by atoms with Gasteiger partial charge in [0.25, 0.3) is 7.82 Å². The second kappa shape index (κ2) is 41.0. The van der Waals surface area contributed by atoms with Gasteiger partial charge in [0.05, 0.1) is 34.4 Å². The lowest BCUT2D eigenvalue weighted by molar-refractivity contribution is -0.870. The fourth-order valence-corrected chi connectivity index (χ4v) is 7.57. The molecule has 0 fully saturated rings. The molecule has 0 aromatic heterocycles. The molecule has 0 amide bonds. The number of hydrogen-bond donors (Lipinski definition) is 0. The number of phosphoric acid groups is 1. The molecule has 0 radical (unpaired) electrons. The first kappa shape index (κ1) is 55.2. The summed E-state index contributed by atoms with van der Waals surface area (Å²) in [6.07, 6.45) is 45.1. The Hall–Kier alpha value is -0.760. The monoisotopic (exact) mass is 816 g/mol. The van der Waals surface area contributed by atoms with Gasteiger partial charge in [-0.05, 0) is 38.5 Å². The van der Waals surface area contributed by atoms with Crippen LogP contribution in [0.4, 0.5) is 0 Å². The van der Waals surface area contributed by atoms with E-state index in [-0.39, 0.29) is 25.8 Å². The molecule has 0 saturated carbocycles. The number of esters is 1. The molecule has 0 aliphatic carbocycles. The first-order valence-electron chi connectivity index (χ1n) is 23.9. The maximum absolute atomic E-state index is 12.7. The Morgan fingerprint density at radius 3 is 1.36 bits per heavy atom. The minimum absolute atomic E-state index is 0.0279. The Balaban J connectivity index is 4.15. The van der Waals surface area contributed by atoms with E-state index in [2.05, 4.69) is 26.0 Å². The third-order valence-corrected chi connectivity index (χ3v) is 11.5. The van der Waals surface area contributed by atoms with Gasteiger partial charge in [-0.1, -0.05) is 193 Å². The summed E-state index contributed by atoms with van der Waals surface area (Å²) in [6, 6.07) is 0. The highest BCUT2D eigenvalue weighted by Crippen LogP contribution is 2.38. The van der Waals surface area contributed by atoms with Crippen molar-refractivity contribution in [3.63, 3.8) is 0 Å². The van der Waals surface area contributed by atoms with Crippen molar-refractivity contribution < 1.29 is 37.3 Å². The first-order valence-corrected chi connectivity index (χ1v) is 25.4. The molecule has 8 nitrogen and oxygen atoms in total. The predicted molar refractivity (Wildman–Crippen MR) is 236 cm³/mol. The average Bonchev–Trinajstić information content (AvgIpc) is 3.15. The van der Waals surface area contributed by atoms with Gasteiger partial charge < -0.3 is 27.9 Å². The molecule has 56 heavy (non-hydrogen) atoms. The number of carbonyl (C=O) groups is 1. The van der Waals surface area contributed by atoms with Gasteiger partial charge in [-0.3, -0.25) is 9.36 Å². The van der Waals surface area contributed by atoms with Crippen LogP contribution in [0.15, 0.2) is 12.2 Å². The molecule has 0 aliphatic rings. The van der Waals surface area contributed by atoms with Crippen molar-refractivity contribution in [3.05, 3.63) is 12.2 Å². The Labute approximate surface area is 348 Å². The summed E-state index contributed by atoms with van der Waals surface area (Å²) in [5.41, 5.74) is 0. The molecule has 0 heterocycles. The van der Waals surface area contributed by atoms with Crippen molar-refractivity contribution in [2.75, 3.05) is 54.1 Å². The number of hydrogen-bond acceptors (Lipinski definition) is 7. The Morgan fingerprint density at radius 2 is 0.929 bits per heavy atom. The third kappa shape index (κ3) is 44.3. The fraction of sp³-hybridized carbons (Fsp3) is 0.936. The van der Waals surface area contributed by atoms with E-state index in [0.717, 1.165) is 44.9 Å². The Bertz CT molecular complexity index is 909. The smallest absolute Gasteiger partial charge is 0.306 e. The molecular formula is C47H94NO7P. The van der Waals surface area contributed by atoms with E-state index in [1.54, 1.807) is 0 Å². The summed E-state index contributed by atoms with van der Waals surface area (Å²) in [5.74, 6) is -0.338. The number of ether oxygens (including phenoxy) is 2. The topological polar surface area (TPSA) is 94.1 Å². The van der Waals surface area contributed by atoms with Crippen LogP contribution in [0, 0.1) is 0 Å². The summed E-state index contributed by atoms with van der Waals surface area (Å²) >= 11 is 0. The zero-order chi connectivity index (χ0) is 41.3. The highest BCUT2D eigenvalue weighted by atomic mass is 31.2. The predicted octanol–water partition coefficient (Wildman–Crippen LogP) is 13.6. The second-order valence-corrected chi connectivity index (χ2v) is 18.9. The minimum Gasteiger partial charge on any atom is -0.756 e. The van der Waals surface area contributed by atoms with Crippen molar-refractivity contribution in [1.82, 2.24) is 0 Å². The van der Waals surface area contributed by atoms with E-state index in [9.17, 15) is 14.3 Å². The molecule has 0 aliphatic heterocycles. The van der Waals surface area contributed by atoms with E-state index >= 15 is 0 Å². The molecule has 0 rings (SSSR count). The maximum atomic E-state index is 12.7. The van der Waals surface area contributed by atoms with Gasteiger partial charge in [0.2, 0.25) is 0 Å². The molecule has 0 aromatic carbocycles. The number of rotatable bonds is 45. The van der Waals surface area contributed by atoms with Crippen LogP contribution in [-0.4, -0.2) is 70.7 Å². The fourth-order valence-electron chi connectivity index (χ4n) is 6.84. The number of likely N-dealkylation sites (N-methyl/N-ethyl adjacent to an activating group) is 1. The van der Waals surface area contributed by atoms with Gasteiger partial charge in [-0.2, -0.15) is 0 Å². The van der Waals surface area contributed by atoms with Crippen LogP contribution >= 0.6 is 7.82 Å². The summed E-state index contributed by atoms with van der Waals surface area (Å²) in [4.78, 5) is 25.1. The van der Waals surface area contributed by atoms with Gasteiger partial charge in [0.15, 0.2) is 0 Å². The average molecular weight is 816 g/mol. The van der Waals surface area contributed by atoms with Gasteiger partial charge in [-0.15, -0.1) is 0 Å². The number of unbranched alkanes of at least 4 members (excludes halogenated alkanes) is 29. The molecule has 334 valence electrons. The second-order valence-electron chi connectivity index (χ2n) is 17.5. The maximum Gasteiger partial charge on any atom is 0.306 e. The Morgan fingerprint density at radius 1 is 0.536 bits per heavy atom. The number of phosphoric ester groups is 1. The van der Waals surface area contributed by atoms with Crippen molar-refractivity contribution in [1.29, 1.82) is 0 Å². The Kier molecular flexibility index (Phi) is 40.4. The molecule has 0 saturated heterocycles. The van der Waals surface area contributed by atoms with E-state index in [1.165, 1.54) is 161 Å². The van der Waals surface area contributed by atoms with Crippen molar-refractivity contribution in [2.24, 2.45) is 0 Å². The normalized spacial score (nSPS) is 13.8. The number of allylic oxidation sites excluding steroid dienone is 2. The molecule has 0 N–H and O–H groups in total. The molecule has 0 bridgehead atoms. The SMILES string of the molecule is CCCCCCCC/C=C\CCCCCCCC(=O)OC(COCCCCCCCCCCCCCCCCCCCCC)COP(=O)([O-])OCC[N+](C)(C)C. The summed E-state index contributed by atoms with van der Waals surface area (Å²) in [5, 5.41) is 0. The van der Waals surface area contributed by atoms with Crippen LogP contribution in [0.1, 0.15) is 226 Å². The molecular weight excluding hydrogens is 721 g/mol. The van der Waals surface area contributed by atoms with Crippen molar-refractivity contribution >= 4 is 13.8 Å². The van der Waals surface area contributed by atoms with E-state index in [1.807, 2.05) is 21.1 Å². The van der Waals surface area contributed by atoms with Gasteiger partial charge in [-0.25, -0.2) is 0 Å². The van der Waals surface area contributed by atoms with Gasteiger partial charge in [0, 0.05) is 13.0 Å². The standard InChI is InChI=1S/C47H94NO7P/c1-6-8-10-12-14-16-18-20-22-23-24-25-27-29-31-33-35-37-39-42-52-44-46(45-54-56(50,51)53-43-41-48(3,4)5)55-47(49)40-38-36-34-32-30-28-26-21-19-17-15-13-11-9-7-2/h21,26,46H,6-20,22-25,27-45H2,1-5H3/b26-21-. The summed E-state index contributed by atoms with van der Waals surface area (Å²) < 4.78 is 34.7. The van der Waals surface area contributed by atoms with E-state index < -0.39 is 13.9 Å². The third-order valence-electron chi connectivity index (χ3n) is 10.6. The molecule has 2 atom stereocenters. The van der Waals surface area contributed by atoms with Gasteiger partial charge in [0.1, 0.15) is 19.3 Å². The number of nitrogens with zero attached hydrogens (tertiary/aromatic N) is 1. The highest BCUT2D eigenvalue weighted by Gasteiger charge is 2.20. The molecule has 2 unspecified atom stereocenters. The summed E-state index contributed by atoms with van der Waals surface area (Å²) in [6.45, 7) is 5.45. The summed E-state index contributed by atoms with van der Waals surface area (Å²) in [7, 11) is 1.36. The van der Waals surface area contributed by atoms with Crippen LogP contribution in [0.3, 0.4) is 0 Å². The molecule has 9 heteroatoms. The van der Waals surface area contributed by atoms with E-state index in [4.69, 9.17) is 18.5 Å². The highest BCUT2D eigenvalue weighted by molar-refractivity contribution is 7.45. The lowest BCUT2D eigenvalue weighted by atomic mass is 10.0. The number of carbonyl (C=O) groups excluding carboxylic acids is 1. The number of quaternary nitrogens is 1. The quantitative estimate of drug-likeness (QED) is 0.0199. The molecule has 0 spiro atoms. The van der Waals surface area contributed by atoms with E-state index in [0.29, 0.717) is 24.1 Å². The zero-order valence-electron chi connectivity index (χ0n) is 37.9. The first-order chi connectivity index (χ1) is 27.1.